The van der Waals surface area contributed by atoms with Gasteiger partial charge >= 0.3 is 0 Å². The Bertz CT molecular complexity index is 857. The van der Waals surface area contributed by atoms with Gasteiger partial charge in [0.15, 0.2) is 0 Å². The van der Waals surface area contributed by atoms with Crippen molar-refractivity contribution in [2.45, 2.75) is 39.5 Å². The number of rotatable bonds is 5. The molecular formula is C22H28N2O3. The summed E-state index contributed by atoms with van der Waals surface area (Å²) in [6, 6.07) is 11.5. The van der Waals surface area contributed by atoms with E-state index < -0.39 is 0 Å². The van der Waals surface area contributed by atoms with Crippen molar-refractivity contribution >= 4 is 5.91 Å². The first-order valence-electron chi connectivity index (χ1n) is 9.66. The summed E-state index contributed by atoms with van der Waals surface area (Å²) < 4.78 is 5.92. The van der Waals surface area contributed by atoms with Crippen LogP contribution in [0.5, 0.6) is 5.75 Å². The zero-order valence-electron chi connectivity index (χ0n) is 16.3. The number of nitrogens with one attached hydrogen (secondary N) is 1. The highest BCUT2D eigenvalue weighted by molar-refractivity contribution is 5.93. The number of pyridine rings is 1. The molecule has 0 saturated carbocycles. The standard InChI is InChI=1S/C22H28N2O3/c1-15(2)20-10-9-19(21(25)23-20)22(26)24-11-5-7-17(13-24)14-27-18-8-4-6-16(3)12-18/h4,6,8-10,12,15,17H,5,7,11,13-14H2,1-3H3,(H,23,25)/t17-/m0/s1. The number of aromatic nitrogens is 1. The number of carbonyl (C=O) groups is 1. The fraction of sp³-hybridized carbons (Fsp3) is 0.455. The van der Waals surface area contributed by atoms with Crippen molar-refractivity contribution in [3.05, 3.63) is 63.6 Å². The Labute approximate surface area is 160 Å². The Balaban J connectivity index is 1.63. The summed E-state index contributed by atoms with van der Waals surface area (Å²) in [6.07, 6.45) is 1.95. The molecule has 1 aromatic carbocycles. The lowest BCUT2D eigenvalue weighted by atomic mass is 9.98. The van der Waals surface area contributed by atoms with Gasteiger partial charge in [0.25, 0.3) is 11.5 Å². The third kappa shape index (κ3) is 4.79. The predicted molar refractivity (Wildman–Crippen MR) is 106 cm³/mol. The van der Waals surface area contributed by atoms with Gasteiger partial charge in [-0.3, -0.25) is 9.59 Å². The lowest BCUT2D eigenvalue weighted by Gasteiger charge is -2.32. The third-order valence-electron chi connectivity index (χ3n) is 5.07. The van der Waals surface area contributed by atoms with Crippen LogP contribution in [0.25, 0.3) is 0 Å². The number of nitrogens with zero attached hydrogens (tertiary/aromatic N) is 1. The van der Waals surface area contributed by atoms with E-state index >= 15 is 0 Å². The number of amides is 1. The number of hydrogen-bond donors (Lipinski definition) is 1. The van der Waals surface area contributed by atoms with Crippen molar-refractivity contribution in [2.24, 2.45) is 5.92 Å². The fourth-order valence-corrected chi connectivity index (χ4v) is 3.47. The summed E-state index contributed by atoms with van der Waals surface area (Å²) in [5, 5.41) is 0. The van der Waals surface area contributed by atoms with Crippen LogP contribution in [0.15, 0.2) is 41.2 Å². The number of likely N-dealkylation sites (tertiary alicyclic amines) is 1. The van der Waals surface area contributed by atoms with Crippen LogP contribution in [0, 0.1) is 12.8 Å². The zero-order chi connectivity index (χ0) is 19.4. The van der Waals surface area contributed by atoms with Crippen molar-refractivity contribution in [3.8, 4) is 5.75 Å². The van der Waals surface area contributed by atoms with E-state index in [1.165, 1.54) is 0 Å². The lowest BCUT2D eigenvalue weighted by Crippen LogP contribution is -2.43. The second-order valence-electron chi connectivity index (χ2n) is 7.70. The third-order valence-corrected chi connectivity index (χ3v) is 5.07. The van der Waals surface area contributed by atoms with Crippen molar-refractivity contribution in [1.82, 2.24) is 9.88 Å². The van der Waals surface area contributed by atoms with E-state index in [1.807, 2.05) is 51.1 Å². The molecule has 0 aliphatic carbocycles. The van der Waals surface area contributed by atoms with Gasteiger partial charge < -0.3 is 14.6 Å². The van der Waals surface area contributed by atoms with Crippen LogP contribution in [-0.4, -0.2) is 35.5 Å². The number of H-pyrrole nitrogens is 1. The van der Waals surface area contributed by atoms with E-state index in [4.69, 9.17) is 4.74 Å². The number of aryl methyl sites for hydroxylation is 1. The maximum absolute atomic E-state index is 12.8. The predicted octanol–water partition coefficient (Wildman–Crippen LogP) is 3.74. The van der Waals surface area contributed by atoms with E-state index in [2.05, 4.69) is 4.98 Å². The van der Waals surface area contributed by atoms with E-state index in [1.54, 1.807) is 11.0 Å². The highest BCUT2D eigenvalue weighted by Crippen LogP contribution is 2.21. The number of hydrogen-bond acceptors (Lipinski definition) is 3. The molecule has 1 atom stereocenters. The lowest BCUT2D eigenvalue weighted by molar-refractivity contribution is 0.0631. The molecule has 27 heavy (non-hydrogen) atoms. The topological polar surface area (TPSA) is 62.4 Å². The SMILES string of the molecule is Cc1cccc(OC[C@H]2CCCN(C(=O)c3ccc(C(C)C)[nH]c3=O)C2)c1. The van der Waals surface area contributed by atoms with Gasteiger partial charge in [-0.15, -0.1) is 0 Å². The molecule has 1 aromatic heterocycles. The van der Waals surface area contributed by atoms with Crippen LogP contribution >= 0.6 is 0 Å². The molecule has 1 N–H and O–H groups in total. The molecule has 2 aromatic rings. The minimum Gasteiger partial charge on any atom is -0.493 e. The van der Waals surface area contributed by atoms with Gasteiger partial charge in [0, 0.05) is 24.7 Å². The van der Waals surface area contributed by atoms with Crippen LogP contribution in [0.2, 0.25) is 0 Å². The second kappa shape index (κ2) is 8.42. The van der Waals surface area contributed by atoms with E-state index in [0.29, 0.717) is 19.7 Å². The van der Waals surface area contributed by atoms with E-state index in [0.717, 1.165) is 29.8 Å². The zero-order valence-corrected chi connectivity index (χ0v) is 16.3. The summed E-state index contributed by atoms with van der Waals surface area (Å²) >= 11 is 0. The molecular weight excluding hydrogens is 340 g/mol. The quantitative estimate of drug-likeness (QED) is 0.874. The van der Waals surface area contributed by atoms with Gasteiger partial charge in [0.2, 0.25) is 0 Å². The van der Waals surface area contributed by atoms with E-state index in [-0.39, 0.29) is 28.9 Å². The normalized spacial score (nSPS) is 17.2. The molecule has 2 heterocycles. The summed E-state index contributed by atoms with van der Waals surface area (Å²) in [6.45, 7) is 7.94. The molecule has 144 valence electrons. The maximum atomic E-state index is 12.8. The molecule has 1 aliphatic rings. The molecule has 1 fully saturated rings. The van der Waals surface area contributed by atoms with Crippen LogP contribution in [0.4, 0.5) is 0 Å². The second-order valence-corrected chi connectivity index (χ2v) is 7.70. The fourth-order valence-electron chi connectivity index (χ4n) is 3.47. The Morgan fingerprint density at radius 3 is 2.81 bits per heavy atom. The summed E-state index contributed by atoms with van der Waals surface area (Å²) in [5.74, 6) is 1.17. The molecule has 5 nitrogen and oxygen atoms in total. The molecule has 3 rings (SSSR count). The number of ether oxygens (including phenoxy) is 1. The van der Waals surface area contributed by atoms with Crippen LogP contribution in [0.3, 0.4) is 0 Å². The highest BCUT2D eigenvalue weighted by atomic mass is 16.5. The van der Waals surface area contributed by atoms with Gasteiger partial charge in [-0.1, -0.05) is 26.0 Å². The Hall–Kier alpha value is -2.56. The monoisotopic (exact) mass is 368 g/mol. The first kappa shape index (κ1) is 19.2. The van der Waals surface area contributed by atoms with Gasteiger partial charge in [-0.05, 0) is 55.5 Å². The maximum Gasteiger partial charge on any atom is 0.261 e. The molecule has 1 aliphatic heterocycles. The minimum absolute atomic E-state index is 0.188. The first-order chi connectivity index (χ1) is 12.9. The van der Waals surface area contributed by atoms with Crippen LogP contribution in [-0.2, 0) is 0 Å². The van der Waals surface area contributed by atoms with Crippen LogP contribution in [0.1, 0.15) is 54.2 Å². The summed E-state index contributed by atoms with van der Waals surface area (Å²) in [7, 11) is 0. The number of piperidine rings is 1. The smallest absolute Gasteiger partial charge is 0.261 e. The Morgan fingerprint density at radius 2 is 2.11 bits per heavy atom. The summed E-state index contributed by atoms with van der Waals surface area (Å²) in [4.78, 5) is 29.8. The molecule has 1 amide bonds. The molecule has 0 unspecified atom stereocenters. The molecule has 0 radical (unpaired) electrons. The molecule has 0 bridgehead atoms. The van der Waals surface area contributed by atoms with Gasteiger partial charge in [0.05, 0.1) is 6.61 Å². The number of benzene rings is 1. The largest absolute Gasteiger partial charge is 0.493 e. The average Bonchev–Trinajstić information content (AvgIpc) is 2.66. The van der Waals surface area contributed by atoms with Crippen molar-refractivity contribution in [3.63, 3.8) is 0 Å². The molecule has 1 saturated heterocycles. The highest BCUT2D eigenvalue weighted by Gasteiger charge is 2.26. The Morgan fingerprint density at radius 1 is 1.30 bits per heavy atom. The molecule has 0 spiro atoms. The van der Waals surface area contributed by atoms with Gasteiger partial charge in [-0.2, -0.15) is 0 Å². The first-order valence-corrected chi connectivity index (χ1v) is 9.66. The number of carbonyl (C=O) groups excluding carboxylic acids is 1. The number of aromatic amines is 1. The Kier molecular flexibility index (Phi) is 5.99. The molecule has 5 heteroatoms. The average molecular weight is 368 g/mol. The van der Waals surface area contributed by atoms with Crippen molar-refractivity contribution in [1.29, 1.82) is 0 Å². The van der Waals surface area contributed by atoms with Gasteiger partial charge in [0.1, 0.15) is 11.3 Å². The van der Waals surface area contributed by atoms with E-state index in [9.17, 15) is 9.59 Å². The minimum atomic E-state index is -0.302. The van der Waals surface area contributed by atoms with Crippen LogP contribution < -0.4 is 10.3 Å². The summed E-state index contributed by atoms with van der Waals surface area (Å²) in [5.41, 5.74) is 1.93. The van der Waals surface area contributed by atoms with Gasteiger partial charge in [-0.25, -0.2) is 0 Å². The van der Waals surface area contributed by atoms with Crippen molar-refractivity contribution < 1.29 is 9.53 Å². The van der Waals surface area contributed by atoms with Crippen molar-refractivity contribution in [2.75, 3.05) is 19.7 Å².